The number of ether oxygens (including phenoxy) is 1. The van der Waals surface area contributed by atoms with Crippen LogP contribution in [0.2, 0.25) is 0 Å². The number of hydrogen-bond donors (Lipinski definition) is 0. The van der Waals surface area contributed by atoms with Crippen molar-refractivity contribution in [2.24, 2.45) is 0 Å². The second-order valence-electron chi connectivity index (χ2n) is 5.64. The van der Waals surface area contributed by atoms with Gasteiger partial charge in [-0.1, -0.05) is 0 Å². The number of carbonyl (C=O) groups excluding carboxylic acids is 1. The largest absolute Gasteiger partial charge is 0.488 e. The Labute approximate surface area is 129 Å². The predicted octanol–water partition coefficient (Wildman–Crippen LogP) is 2.98. The molecule has 1 aliphatic heterocycles. The van der Waals surface area contributed by atoms with Crippen molar-refractivity contribution in [1.82, 2.24) is 9.88 Å². The molecule has 1 unspecified atom stereocenters. The minimum Gasteiger partial charge on any atom is -0.488 e. The highest BCUT2D eigenvalue weighted by Gasteiger charge is 2.27. The summed E-state index contributed by atoms with van der Waals surface area (Å²) in [5, 5.41) is 0. The van der Waals surface area contributed by atoms with Crippen LogP contribution in [0, 0.1) is 13.8 Å². The number of nitrogens with zero attached hydrogens (tertiary/aromatic N) is 2. The minimum atomic E-state index is 0.0217. The van der Waals surface area contributed by atoms with Gasteiger partial charge in [0, 0.05) is 18.9 Å². The fourth-order valence-electron chi connectivity index (χ4n) is 2.84. The molecular weight excluding hydrogens is 280 g/mol. The van der Waals surface area contributed by atoms with Gasteiger partial charge in [-0.05, 0) is 44.9 Å². The first-order valence-corrected chi connectivity index (χ1v) is 7.56. The van der Waals surface area contributed by atoms with Crippen LogP contribution in [0.3, 0.4) is 0 Å². The molecule has 2 aromatic rings. The molecule has 22 heavy (non-hydrogen) atoms. The molecular formula is C17H20N2O3. The molecule has 0 saturated carbocycles. The van der Waals surface area contributed by atoms with Gasteiger partial charge in [-0.15, -0.1) is 0 Å². The Morgan fingerprint density at radius 2 is 2.14 bits per heavy atom. The first-order valence-electron chi connectivity index (χ1n) is 7.56. The molecule has 116 valence electrons. The van der Waals surface area contributed by atoms with Gasteiger partial charge in [-0.25, -0.2) is 0 Å². The van der Waals surface area contributed by atoms with Crippen molar-refractivity contribution in [2.75, 3.05) is 13.1 Å². The first-order chi connectivity index (χ1) is 10.6. The number of likely N-dealkylation sites (tertiary alicyclic amines) is 1. The average molecular weight is 300 g/mol. The maximum atomic E-state index is 12.6. The van der Waals surface area contributed by atoms with Gasteiger partial charge in [0.1, 0.15) is 23.4 Å². The van der Waals surface area contributed by atoms with E-state index < -0.39 is 0 Å². The van der Waals surface area contributed by atoms with Crippen LogP contribution in [0.1, 0.15) is 34.7 Å². The van der Waals surface area contributed by atoms with Crippen molar-refractivity contribution < 1.29 is 13.9 Å². The number of pyridine rings is 1. The number of carbonyl (C=O) groups is 1. The molecule has 5 heteroatoms. The van der Waals surface area contributed by atoms with Gasteiger partial charge in [0.2, 0.25) is 0 Å². The molecule has 3 heterocycles. The van der Waals surface area contributed by atoms with E-state index in [9.17, 15) is 4.79 Å². The van der Waals surface area contributed by atoms with Crippen molar-refractivity contribution >= 4 is 5.91 Å². The maximum Gasteiger partial charge on any atom is 0.257 e. The Balaban J connectivity index is 1.68. The zero-order valence-electron chi connectivity index (χ0n) is 12.9. The Morgan fingerprint density at radius 1 is 1.36 bits per heavy atom. The Hall–Kier alpha value is -2.30. The number of aryl methyl sites for hydroxylation is 2. The van der Waals surface area contributed by atoms with Crippen molar-refractivity contribution in [3.63, 3.8) is 0 Å². The van der Waals surface area contributed by atoms with Crippen molar-refractivity contribution in [3.8, 4) is 5.75 Å². The molecule has 0 aromatic carbocycles. The van der Waals surface area contributed by atoms with Crippen LogP contribution in [0.25, 0.3) is 0 Å². The van der Waals surface area contributed by atoms with Crippen LogP contribution in [0.4, 0.5) is 0 Å². The lowest BCUT2D eigenvalue weighted by Crippen LogP contribution is -2.44. The van der Waals surface area contributed by atoms with E-state index in [1.54, 1.807) is 12.4 Å². The first kappa shape index (κ1) is 14.6. The quantitative estimate of drug-likeness (QED) is 0.874. The van der Waals surface area contributed by atoms with Gasteiger partial charge in [0.25, 0.3) is 5.91 Å². The normalized spacial score (nSPS) is 18.3. The molecule has 2 aromatic heterocycles. The van der Waals surface area contributed by atoms with Gasteiger partial charge in [-0.2, -0.15) is 0 Å². The fourth-order valence-corrected chi connectivity index (χ4v) is 2.84. The van der Waals surface area contributed by atoms with Crippen LogP contribution in [-0.4, -0.2) is 35.0 Å². The van der Waals surface area contributed by atoms with E-state index in [4.69, 9.17) is 9.15 Å². The molecule has 1 aliphatic rings. The summed E-state index contributed by atoms with van der Waals surface area (Å²) in [4.78, 5) is 18.5. The third-order valence-corrected chi connectivity index (χ3v) is 3.89. The highest BCUT2D eigenvalue weighted by molar-refractivity contribution is 5.95. The van der Waals surface area contributed by atoms with Crippen molar-refractivity contribution in [1.29, 1.82) is 0 Å². The summed E-state index contributed by atoms with van der Waals surface area (Å²) in [5.74, 6) is 2.27. The molecule has 1 saturated heterocycles. The van der Waals surface area contributed by atoms with Gasteiger partial charge >= 0.3 is 0 Å². The number of rotatable bonds is 3. The lowest BCUT2D eigenvalue weighted by molar-refractivity contribution is 0.0536. The van der Waals surface area contributed by atoms with Gasteiger partial charge in [-0.3, -0.25) is 9.78 Å². The number of piperidine rings is 1. The Morgan fingerprint density at radius 3 is 2.82 bits per heavy atom. The zero-order valence-corrected chi connectivity index (χ0v) is 12.9. The molecule has 3 rings (SSSR count). The van der Waals surface area contributed by atoms with Gasteiger partial charge < -0.3 is 14.1 Å². The van der Waals surface area contributed by atoms with Crippen molar-refractivity contribution in [3.05, 3.63) is 47.7 Å². The third kappa shape index (κ3) is 3.13. The molecule has 5 nitrogen and oxygen atoms in total. The summed E-state index contributed by atoms with van der Waals surface area (Å²) < 4.78 is 11.4. The molecule has 1 atom stereocenters. The van der Waals surface area contributed by atoms with Crippen LogP contribution in [0.5, 0.6) is 5.75 Å². The lowest BCUT2D eigenvalue weighted by atomic mass is 10.1. The zero-order chi connectivity index (χ0) is 15.5. The number of hydrogen-bond acceptors (Lipinski definition) is 4. The highest BCUT2D eigenvalue weighted by Crippen LogP contribution is 2.21. The van der Waals surface area contributed by atoms with E-state index >= 15 is 0 Å². The third-order valence-electron chi connectivity index (χ3n) is 3.89. The molecule has 1 amide bonds. The lowest BCUT2D eigenvalue weighted by Gasteiger charge is -2.32. The molecule has 0 radical (unpaired) electrons. The standard InChI is InChI=1S/C17H20N2O3/c1-12-10-16(13(2)21-12)17(20)19-9-3-4-15(11-19)22-14-5-7-18-8-6-14/h5-8,10,15H,3-4,9,11H2,1-2H3. The topological polar surface area (TPSA) is 55.6 Å². The summed E-state index contributed by atoms with van der Waals surface area (Å²) in [7, 11) is 0. The van der Waals surface area contributed by atoms with E-state index in [2.05, 4.69) is 4.98 Å². The van der Waals surface area contributed by atoms with Crippen molar-refractivity contribution in [2.45, 2.75) is 32.8 Å². The average Bonchev–Trinajstić information content (AvgIpc) is 2.86. The minimum absolute atomic E-state index is 0.0217. The smallest absolute Gasteiger partial charge is 0.257 e. The summed E-state index contributed by atoms with van der Waals surface area (Å²) in [6.45, 7) is 5.05. The van der Waals surface area contributed by atoms with E-state index in [1.807, 2.05) is 36.9 Å². The Kier molecular flexibility index (Phi) is 4.13. The molecule has 1 fully saturated rings. The number of furan rings is 1. The van der Waals surface area contributed by atoms with Gasteiger partial charge in [0.15, 0.2) is 0 Å². The fraction of sp³-hybridized carbons (Fsp3) is 0.412. The number of amides is 1. The van der Waals surface area contributed by atoms with Crippen LogP contribution < -0.4 is 4.74 Å². The van der Waals surface area contributed by atoms with E-state index in [0.717, 1.165) is 30.9 Å². The van der Waals surface area contributed by atoms with Crippen LogP contribution in [0.15, 0.2) is 35.0 Å². The van der Waals surface area contributed by atoms with Gasteiger partial charge in [0.05, 0.1) is 12.1 Å². The second-order valence-corrected chi connectivity index (χ2v) is 5.64. The number of aromatic nitrogens is 1. The summed E-state index contributed by atoms with van der Waals surface area (Å²) in [6, 6.07) is 5.49. The molecule has 0 bridgehead atoms. The molecule has 0 N–H and O–H groups in total. The molecule has 0 aliphatic carbocycles. The van der Waals surface area contributed by atoms with E-state index in [-0.39, 0.29) is 12.0 Å². The SMILES string of the molecule is Cc1cc(C(=O)N2CCCC(Oc3ccncc3)C2)c(C)o1. The monoisotopic (exact) mass is 300 g/mol. The summed E-state index contributed by atoms with van der Waals surface area (Å²) >= 11 is 0. The highest BCUT2D eigenvalue weighted by atomic mass is 16.5. The predicted molar refractivity (Wildman–Crippen MR) is 82.0 cm³/mol. The second kappa shape index (κ2) is 6.22. The van der Waals surface area contributed by atoms with Crippen LogP contribution in [-0.2, 0) is 0 Å². The maximum absolute atomic E-state index is 12.6. The summed E-state index contributed by atoms with van der Waals surface area (Å²) in [5.41, 5.74) is 0.655. The molecule has 0 spiro atoms. The van der Waals surface area contributed by atoms with E-state index in [1.165, 1.54) is 0 Å². The van der Waals surface area contributed by atoms with Crippen LogP contribution >= 0.6 is 0 Å². The summed E-state index contributed by atoms with van der Waals surface area (Å²) in [6.07, 6.45) is 5.33. The Bertz CT molecular complexity index is 651. The van der Waals surface area contributed by atoms with E-state index in [0.29, 0.717) is 17.9 Å².